The van der Waals surface area contributed by atoms with Crippen LogP contribution in [0.25, 0.3) is 0 Å². The monoisotopic (exact) mass is 457 g/mol. The molecule has 12 heteroatoms. The zero-order chi connectivity index (χ0) is 20.4. The number of ether oxygens (including phenoxy) is 2. The minimum absolute atomic E-state index is 0.0433. The van der Waals surface area contributed by atoms with Gasteiger partial charge in [-0.3, -0.25) is 15.4 Å². The Bertz CT molecular complexity index is 906. The van der Waals surface area contributed by atoms with Gasteiger partial charge in [0.25, 0.3) is 5.91 Å². The second-order valence-electron chi connectivity index (χ2n) is 6.63. The fourth-order valence-electron chi connectivity index (χ4n) is 3.08. The summed E-state index contributed by atoms with van der Waals surface area (Å²) in [4.78, 5) is 27.2. The highest BCUT2D eigenvalue weighted by Crippen LogP contribution is 2.37. The average Bonchev–Trinajstić information content (AvgIpc) is 3.46. The lowest BCUT2D eigenvalue weighted by molar-refractivity contribution is 0.0306. The van der Waals surface area contributed by atoms with Gasteiger partial charge in [0.2, 0.25) is 5.13 Å². The first-order valence-electron chi connectivity index (χ1n) is 9.22. The molecule has 2 aromatic rings. The van der Waals surface area contributed by atoms with E-state index < -0.39 is 6.03 Å². The van der Waals surface area contributed by atoms with Crippen LogP contribution in [0, 0.1) is 6.92 Å². The minimum atomic E-state index is -0.466. The molecule has 2 aliphatic rings. The van der Waals surface area contributed by atoms with Gasteiger partial charge < -0.3 is 14.4 Å². The van der Waals surface area contributed by atoms with Gasteiger partial charge in [0.05, 0.1) is 18.2 Å². The van der Waals surface area contributed by atoms with Gasteiger partial charge in [0.15, 0.2) is 0 Å². The highest BCUT2D eigenvalue weighted by atomic mass is 35.5. The Morgan fingerprint density at radius 2 is 1.97 bits per heavy atom. The van der Waals surface area contributed by atoms with Crippen LogP contribution in [0.2, 0.25) is 5.02 Å². The van der Waals surface area contributed by atoms with Crippen molar-refractivity contribution in [2.45, 2.75) is 25.9 Å². The van der Waals surface area contributed by atoms with Crippen molar-refractivity contribution >= 4 is 56.3 Å². The van der Waals surface area contributed by atoms with Crippen molar-refractivity contribution in [3.05, 3.63) is 20.5 Å². The van der Waals surface area contributed by atoms with E-state index in [0.29, 0.717) is 51.9 Å². The predicted molar refractivity (Wildman–Crippen MR) is 111 cm³/mol. The first kappa shape index (κ1) is 20.5. The summed E-state index contributed by atoms with van der Waals surface area (Å²) in [6.45, 7) is 4.56. The molecule has 0 aliphatic carbocycles. The molecule has 4 rings (SSSR count). The average molecular weight is 458 g/mol. The number of anilines is 2. The van der Waals surface area contributed by atoms with Gasteiger partial charge in [-0.05, 0) is 19.8 Å². The van der Waals surface area contributed by atoms with Crippen molar-refractivity contribution in [3.8, 4) is 0 Å². The van der Waals surface area contributed by atoms with Crippen molar-refractivity contribution in [1.29, 1.82) is 0 Å². The number of halogens is 1. The molecule has 9 nitrogen and oxygen atoms in total. The Kier molecular flexibility index (Phi) is 6.30. The maximum atomic E-state index is 12.7. The van der Waals surface area contributed by atoms with Crippen molar-refractivity contribution in [2.75, 3.05) is 43.5 Å². The molecule has 2 N–H and O–H groups in total. The molecule has 2 aromatic heterocycles. The molecule has 29 heavy (non-hydrogen) atoms. The third-order valence-electron chi connectivity index (χ3n) is 4.66. The number of nitrogens with one attached hydrogen (secondary N) is 2. The highest BCUT2D eigenvalue weighted by molar-refractivity contribution is 7.19. The smallest absolute Gasteiger partial charge is 0.326 e. The van der Waals surface area contributed by atoms with Gasteiger partial charge in [-0.15, -0.1) is 21.5 Å². The van der Waals surface area contributed by atoms with E-state index in [1.165, 1.54) is 11.3 Å². The Labute approximate surface area is 180 Å². The summed E-state index contributed by atoms with van der Waals surface area (Å²) in [5.74, 6) is -0.148. The first-order valence-corrected chi connectivity index (χ1v) is 11.2. The molecule has 0 bridgehead atoms. The lowest BCUT2D eigenvalue weighted by Gasteiger charge is -2.26. The molecular weight excluding hydrogens is 438 g/mol. The van der Waals surface area contributed by atoms with E-state index in [2.05, 4.69) is 20.8 Å². The molecular formula is C17H20ClN5O4S2. The molecule has 2 fully saturated rings. The predicted octanol–water partition coefficient (Wildman–Crippen LogP) is 3.53. The topological polar surface area (TPSA) is 106 Å². The van der Waals surface area contributed by atoms with Crippen molar-refractivity contribution < 1.29 is 19.1 Å². The number of hydrogen-bond donors (Lipinski definition) is 2. The number of carbonyl (C=O) groups excluding carboxylic acids is 2. The van der Waals surface area contributed by atoms with E-state index in [4.69, 9.17) is 21.1 Å². The Morgan fingerprint density at radius 1 is 1.17 bits per heavy atom. The molecule has 0 spiro atoms. The molecule has 0 aromatic carbocycles. The molecule has 2 saturated heterocycles. The third-order valence-corrected chi connectivity index (χ3v) is 7.37. The standard InChI is InChI=1S/C17H20ClN5O4S2/c1-9-11(18)12(15(24)23-4-7-26-8-5-23)28-13(9)19-16(25)20-17-22-21-14(29-17)10-3-2-6-27-10/h10H,2-8H2,1H3,(H2,19,20,22,25). The van der Waals surface area contributed by atoms with Crippen LogP contribution >= 0.6 is 34.3 Å². The summed E-state index contributed by atoms with van der Waals surface area (Å²) in [5, 5.41) is 15.5. The van der Waals surface area contributed by atoms with E-state index >= 15 is 0 Å². The largest absolute Gasteiger partial charge is 0.378 e. The first-order chi connectivity index (χ1) is 14.0. The Morgan fingerprint density at radius 3 is 2.69 bits per heavy atom. The number of carbonyl (C=O) groups is 2. The number of morpholine rings is 1. The quantitative estimate of drug-likeness (QED) is 0.727. The van der Waals surface area contributed by atoms with E-state index in [1.807, 2.05) is 0 Å². The van der Waals surface area contributed by atoms with Gasteiger partial charge in [-0.25, -0.2) is 4.79 Å². The molecule has 0 radical (unpaired) electrons. The zero-order valence-electron chi connectivity index (χ0n) is 15.7. The normalized spacial score (nSPS) is 19.4. The van der Waals surface area contributed by atoms with Gasteiger partial charge in [0.1, 0.15) is 21.0 Å². The molecule has 4 heterocycles. The van der Waals surface area contributed by atoms with Crippen molar-refractivity contribution in [2.24, 2.45) is 0 Å². The number of hydrogen-bond acceptors (Lipinski definition) is 8. The van der Waals surface area contributed by atoms with Crippen molar-refractivity contribution in [1.82, 2.24) is 15.1 Å². The summed E-state index contributed by atoms with van der Waals surface area (Å²) < 4.78 is 10.9. The number of rotatable bonds is 4. The Balaban J connectivity index is 1.41. The second-order valence-corrected chi connectivity index (χ2v) is 9.04. The maximum Gasteiger partial charge on any atom is 0.326 e. The molecule has 0 saturated carbocycles. The fraction of sp³-hybridized carbons (Fsp3) is 0.529. The van der Waals surface area contributed by atoms with Gasteiger partial charge >= 0.3 is 6.03 Å². The van der Waals surface area contributed by atoms with Gasteiger partial charge in [0, 0.05) is 25.3 Å². The van der Waals surface area contributed by atoms with Crippen LogP contribution in [0.3, 0.4) is 0 Å². The molecule has 156 valence electrons. The zero-order valence-corrected chi connectivity index (χ0v) is 18.1. The minimum Gasteiger partial charge on any atom is -0.378 e. The summed E-state index contributed by atoms with van der Waals surface area (Å²) in [5.41, 5.74) is 0.653. The van der Waals surface area contributed by atoms with Crippen molar-refractivity contribution in [3.63, 3.8) is 0 Å². The van der Waals surface area contributed by atoms with Gasteiger partial charge in [-0.2, -0.15) is 0 Å². The van der Waals surface area contributed by atoms with Crippen LogP contribution in [-0.4, -0.2) is 59.9 Å². The fourth-order valence-corrected chi connectivity index (χ4v) is 5.31. The second kappa shape index (κ2) is 8.92. The van der Waals surface area contributed by atoms with E-state index in [9.17, 15) is 9.59 Å². The van der Waals surface area contributed by atoms with Crippen LogP contribution in [0.4, 0.5) is 14.9 Å². The number of thiophene rings is 1. The van der Waals surface area contributed by atoms with Crippen LogP contribution in [0.1, 0.15) is 39.2 Å². The number of aromatic nitrogens is 2. The molecule has 1 atom stereocenters. The van der Waals surface area contributed by atoms with Crippen LogP contribution in [0.15, 0.2) is 0 Å². The van der Waals surface area contributed by atoms with E-state index in [0.717, 1.165) is 35.8 Å². The summed E-state index contributed by atoms with van der Waals surface area (Å²) in [6, 6.07) is -0.466. The van der Waals surface area contributed by atoms with Crippen LogP contribution < -0.4 is 10.6 Å². The lowest BCUT2D eigenvalue weighted by Crippen LogP contribution is -2.40. The third kappa shape index (κ3) is 4.53. The number of urea groups is 1. The maximum absolute atomic E-state index is 12.7. The molecule has 1 unspecified atom stereocenters. The Hall–Kier alpha value is -1.79. The number of nitrogens with zero attached hydrogens (tertiary/aromatic N) is 3. The summed E-state index contributed by atoms with van der Waals surface area (Å²) in [6.07, 6.45) is 1.86. The van der Waals surface area contributed by atoms with E-state index in [1.54, 1.807) is 11.8 Å². The SMILES string of the molecule is Cc1c(NC(=O)Nc2nnc(C3CCCO3)s2)sc(C(=O)N2CCOCC2)c1Cl. The number of amides is 3. The molecule has 3 amide bonds. The van der Waals surface area contributed by atoms with E-state index in [-0.39, 0.29) is 12.0 Å². The van der Waals surface area contributed by atoms with Crippen LogP contribution in [0.5, 0.6) is 0 Å². The molecule has 2 aliphatic heterocycles. The highest BCUT2D eigenvalue weighted by Gasteiger charge is 2.26. The summed E-state index contributed by atoms with van der Waals surface area (Å²) >= 11 is 8.83. The van der Waals surface area contributed by atoms with Gasteiger partial charge in [-0.1, -0.05) is 22.9 Å². The van der Waals surface area contributed by atoms with Crippen LogP contribution in [-0.2, 0) is 9.47 Å². The summed E-state index contributed by atoms with van der Waals surface area (Å²) in [7, 11) is 0. The lowest BCUT2D eigenvalue weighted by atomic mass is 10.2.